The highest BCUT2D eigenvalue weighted by molar-refractivity contribution is 4.80. The van der Waals surface area contributed by atoms with Crippen LogP contribution in [0.5, 0.6) is 0 Å². The fraction of sp³-hybridized carbons (Fsp3) is 1.00. The predicted molar refractivity (Wildman–Crippen MR) is 28.6 cm³/mol. The molecule has 0 aromatic carbocycles. The molecular formula is C5H10FNO. The van der Waals surface area contributed by atoms with Crippen LogP contribution in [0.3, 0.4) is 0 Å². The molecule has 2 nitrogen and oxygen atoms in total. The van der Waals surface area contributed by atoms with Crippen LogP contribution in [-0.2, 0) is 4.74 Å². The summed E-state index contributed by atoms with van der Waals surface area (Å²) >= 11 is 0. The highest BCUT2D eigenvalue weighted by atomic mass is 19.1. The van der Waals surface area contributed by atoms with Gasteiger partial charge in [-0.1, -0.05) is 0 Å². The Morgan fingerprint density at radius 2 is 2.38 bits per heavy atom. The van der Waals surface area contributed by atoms with Crippen molar-refractivity contribution < 1.29 is 9.13 Å². The fourth-order valence-corrected chi connectivity index (χ4v) is 0.854. The standard InChI is InChI=1S/C5H10FNO/c1-8-5-3-7-2-4(5)6/h4-5,7H,2-3H2,1H3/t4-,5-/m1/s1. The lowest BCUT2D eigenvalue weighted by molar-refractivity contribution is 0.0647. The first-order valence-electron chi connectivity index (χ1n) is 2.72. The molecule has 0 amide bonds. The molecule has 8 heavy (non-hydrogen) atoms. The Morgan fingerprint density at radius 1 is 1.62 bits per heavy atom. The van der Waals surface area contributed by atoms with E-state index in [0.29, 0.717) is 13.1 Å². The molecule has 1 aliphatic heterocycles. The lowest BCUT2D eigenvalue weighted by Gasteiger charge is -2.06. The molecule has 0 bridgehead atoms. The highest BCUT2D eigenvalue weighted by Gasteiger charge is 2.25. The molecule has 2 atom stereocenters. The van der Waals surface area contributed by atoms with Crippen molar-refractivity contribution in [3.05, 3.63) is 0 Å². The SMILES string of the molecule is CO[C@@H]1CNC[C@H]1F. The van der Waals surface area contributed by atoms with Crippen LogP contribution in [0, 0.1) is 0 Å². The molecule has 1 aliphatic rings. The van der Waals surface area contributed by atoms with E-state index in [1.54, 1.807) is 0 Å². The third-order valence-corrected chi connectivity index (χ3v) is 1.39. The number of rotatable bonds is 1. The molecule has 0 aliphatic carbocycles. The normalized spacial score (nSPS) is 38.2. The average molecular weight is 119 g/mol. The minimum absolute atomic E-state index is 0.213. The van der Waals surface area contributed by atoms with Crippen molar-refractivity contribution in [3.8, 4) is 0 Å². The van der Waals surface area contributed by atoms with E-state index in [4.69, 9.17) is 4.74 Å². The maximum absolute atomic E-state index is 12.4. The van der Waals surface area contributed by atoms with Gasteiger partial charge in [0.25, 0.3) is 0 Å². The number of hydrogen-bond donors (Lipinski definition) is 1. The molecule has 0 unspecified atom stereocenters. The summed E-state index contributed by atoms with van der Waals surface area (Å²) in [5.74, 6) is 0. The lowest BCUT2D eigenvalue weighted by atomic mass is 10.3. The molecule has 1 N–H and O–H groups in total. The van der Waals surface area contributed by atoms with Gasteiger partial charge in [-0.2, -0.15) is 0 Å². The molecule has 1 saturated heterocycles. The van der Waals surface area contributed by atoms with Crippen LogP contribution in [0.2, 0.25) is 0 Å². The minimum Gasteiger partial charge on any atom is -0.377 e. The molecule has 0 radical (unpaired) electrons. The van der Waals surface area contributed by atoms with E-state index in [-0.39, 0.29) is 6.10 Å². The maximum Gasteiger partial charge on any atom is 0.140 e. The number of nitrogens with one attached hydrogen (secondary N) is 1. The zero-order valence-corrected chi connectivity index (χ0v) is 4.86. The Kier molecular flexibility index (Phi) is 1.81. The molecule has 0 spiro atoms. The molecule has 48 valence electrons. The molecule has 1 fully saturated rings. The van der Waals surface area contributed by atoms with Gasteiger partial charge in [0, 0.05) is 20.2 Å². The van der Waals surface area contributed by atoms with Crippen molar-refractivity contribution in [2.45, 2.75) is 12.3 Å². The van der Waals surface area contributed by atoms with Crippen LogP contribution in [-0.4, -0.2) is 32.5 Å². The van der Waals surface area contributed by atoms with Gasteiger partial charge in [-0.15, -0.1) is 0 Å². The van der Waals surface area contributed by atoms with Crippen molar-refractivity contribution in [2.75, 3.05) is 20.2 Å². The summed E-state index contributed by atoms with van der Waals surface area (Å²) in [6, 6.07) is 0. The Morgan fingerprint density at radius 3 is 2.62 bits per heavy atom. The number of methoxy groups -OCH3 is 1. The summed E-state index contributed by atoms with van der Waals surface area (Å²) in [6.45, 7) is 1.09. The van der Waals surface area contributed by atoms with Gasteiger partial charge in [-0.25, -0.2) is 4.39 Å². The highest BCUT2D eigenvalue weighted by Crippen LogP contribution is 2.06. The largest absolute Gasteiger partial charge is 0.377 e. The summed E-state index contributed by atoms with van der Waals surface area (Å²) in [5.41, 5.74) is 0. The first-order chi connectivity index (χ1) is 3.84. The second-order valence-electron chi connectivity index (χ2n) is 1.95. The van der Waals surface area contributed by atoms with Crippen molar-refractivity contribution in [1.29, 1.82) is 0 Å². The van der Waals surface area contributed by atoms with Gasteiger partial charge in [0.05, 0.1) is 0 Å². The monoisotopic (exact) mass is 119 g/mol. The van der Waals surface area contributed by atoms with Gasteiger partial charge in [0.2, 0.25) is 0 Å². The van der Waals surface area contributed by atoms with Gasteiger partial charge < -0.3 is 10.1 Å². The zero-order chi connectivity index (χ0) is 5.98. The number of ether oxygens (including phenoxy) is 1. The zero-order valence-electron chi connectivity index (χ0n) is 4.86. The van der Waals surface area contributed by atoms with E-state index < -0.39 is 6.17 Å². The second kappa shape index (κ2) is 2.42. The van der Waals surface area contributed by atoms with Crippen molar-refractivity contribution in [1.82, 2.24) is 5.32 Å². The quantitative estimate of drug-likeness (QED) is 0.522. The van der Waals surface area contributed by atoms with Crippen LogP contribution >= 0.6 is 0 Å². The molecule has 3 heteroatoms. The van der Waals surface area contributed by atoms with E-state index in [2.05, 4.69) is 5.32 Å². The number of hydrogen-bond acceptors (Lipinski definition) is 2. The minimum atomic E-state index is -0.806. The summed E-state index contributed by atoms with van der Waals surface area (Å²) in [6.07, 6.45) is -1.02. The van der Waals surface area contributed by atoms with E-state index in [1.807, 2.05) is 0 Å². The molecule has 1 rings (SSSR count). The van der Waals surface area contributed by atoms with E-state index in [1.165, 1.54) is 7.11 Å². The Bertz CT molecular complexity index is 78.8. The summed E-state index contributed by atoms with van der Waals surface area (Å²) in [4.78, 5) is 0. The summed E-state index contributed by atoms with van der Waals surface area (Å²) in [5, 5.41) is 2.87. The van der Waals surface area contributed by atoms with E-state index >= 15 is 0 Å². The van der Waals surface area contributed by atoms with Crippen LogP contribution in [0.4, 0.5) is 4.39 Å². The topological polar surface area (TPSA) is 21.3 Å². The molecule has 0 aromatic heterocycles. The Balaban J connectivity index is 2.30. The number of halogens is 1. The van der Waals surface area contributed by atoms with E-state index in [9.17, 15) is 4.39 Å². The van der Waals surface area contributed by atoms with Crippen molar-refractivity contribution in [3.63, 3.8) is 0 Å². The van der Waals surface area contributed by atoms with Crippen LogP contribution < -0.4 is 5.32 Å². The first-order valence-corrected chi connectivity index (χ1v) is 2.72. The van der Waals surface area contributed by atoms with Gasteiger partial charge in [0.15, 0.2) is 0 Å². The third-order valence-electron chi connectivity index (χ3n) is 1.39. The van der Waals surface area contributed by atoms with Crippen LogP contribution in [0.25, 0.3) is 0 Å². The first kappa shape index (κ1) is 5.98. The molecule has 1 heterocycles. The Hall–Kier alpha value is -0.150. The third kappa shape index (κ3) is 0.980. The molecule has 0 aromatic rings. The predicted octanol–water partition coefficient (Wildman–Crippen LogP) is -0.0573. The van der Waals surface area contributed by atoms with E-state index in [0.717, 1.165) is 0 Å². The lowest BCUT2D eigenvalue weighted by Crippen LogP contribution is -2.21. The van der Waals surface area contributed by atoms with Crippen molar-refractivity contribution >= 4 is 0 Å². The Labute approximate surface area is 48.0 Å². The maximum atomic E-state index is 12.4. The van der Waals surface area contributed by atoms with Crippen molar-refractivity contribution in [2.24, 2.45) is 0 Å². The number of alkyl halides is 1. The molecular weight excluding hydrogens is 109 g/mol. The van der Waals surface area contributed by atoms with Crippen LogP contribution in [0.1, 0.15) is 0 Å². The summed E-state index contributed by atoms with van der Waals surface area (Å²) in [7, 11) is 1.53. The summed E-state index contributed by atoms with van der Waals surface area (Å²) < 4.78 is 17.2. The van der Waals surface area contributed by atoms with Gasteiger partial charge in [0.1, 0.15) is 12.3 Å². The second-order valence-corrected chi connectivity index (χ2v) is 1.95. The van der Waals surface area contributed by atoms with Gasteiger partial charge in [-0.3, -0.25) is 0 Å². The fourth-order valence-electron chi connectivity index (χ4n) is 0.854. The smallest absolute Gasteiger partial charge is 0.140 e. The average Bonchev–Trinajstić information content (AvgIpc) is 2.14. The van der Waals surface area contributed by atoms with Gasteiger partial charge >= 0.3 is 0 Å². The molecule has 0 saturated carbocycles. The van der Waals surface area contributed by atoms with Gasteiger partial charge in [-0.05, 0) is 0 Å². The van der Waals surface area contributed by atoms with Crippen LogP contribution in [0.15, 0.2) is 0 Å².